The SMILES string of the molecule is Cc1n[nH]c(C)c1CC(=O)N1CCNC(=O)C1CC1CCCCC1. The zero-order valence-electron chi connectivity index (χ0n) is 14.7. The highest BCUT2D eigenvalue weighted by Crippen LogP contribution is 2.29. The summed E-state index contributed by atoms with van der Waals surface area (Å²) in [4.78, 5) is 27.1. The van der Waals surface area contributed by atoms with Crippen LogP contribution in [-0.2, 0) is 16.0 Å². The predicted molar refractivity (Wildman–Crippen MR) is 91.5 cm³/mol. The van der Waals surface area contributed by atoms with Crippen LogP contribution in [0.4, 0.5) is 0 Å². The molecule has 0 bridgehead atoms. The average Bonchev–Trinajstić information content (AvgIpc) is 2.89. The number of carbonyl (C=O) groups is 2. The van der Waals surface area contributed by atoms with Gasteiger partial charge in [-0.3, -0.25) is 14.7 Å². The highest BCUT2D eigenvalue weighted by molar-refractivity contribution is 5.89. The second kappa shape index (κ2) is 7.36. The number of H-pyrrole nitrogens is 1. The van der Waals surface area contributed by atoms with E-state index >= 15 is 0 Å². The van der Waals surface area contributed by atoms with Crippen molar-refractivity contribution in [2.24, 2.45) is 5.92 Å². The molecule has 1 aromatic rings. The maximum absolute atomic E-state index is 12.9. The molecular weight excluding hydrogens is 304 g/mol. The van der Waals surface area contributed by atoms with Crippen molar-refractivity contribution < 1.29 is 9.59 Å². The molecule has 6 heteroatoms. The van der Waals surface area contributed by atoms with E-state index in [1.165, 1.54) is 32.1 Å². The van der Waals surface area contributed by atoms with E-state index in [1.54, 1.807) is 4.90 Å². The number of aromatic amines is 1. The number of hydrogen-bond donors (Lipinski definition) is 2. The van der Waals surface area contributed by atoms with Crippen LogP contribution in [0, 0.1) is 19.8 Å². The van der Waals surface area contributed by atoms with E-state index in [9.17, 15) is 9.59 Å². The standard InChI is InChI=1S/C18H28N4O2/c1-12-15(13(2)21-20-12)11-17(23)22-9-8-19-18(24)16(22)10-14-6-4-3-5-7-14/h14,16H,3-11H2,1-2H3,(H,19,24)(H,20,21). The van der Waals surface area contributed by atoms with E-state index in [0.29, 0.717) is 25.4 Å². The molecule has 0 spiro atoms. The Hall–Kier alpha value is -1.85. The molecule has 2 N–H and O–H groups in total. The van der Waals surface area contributed by atoms with Crippen LogP contribution in [0.3, 0.4) is 0 Å². The molecule has 3 rings (SSSR count). The van der Waals surface area contributed by atoms with Crippen molar-refractivity contribution in [1.29, 1.82) is 0 Å². The Balaban J connectivity index is 1.70. The average molecular weight is 332 g/mol. The van der Waals surface area contributed by atoms with E-state index in [4.69, 9.17) is 0 Å². The zero-order valence-corrected chi connectivity index (χ0v) is 14.7. The van der Waals surface area contributed by atoms with Gasteiger partial charge in [0, 0.05) is 24.3 Å². The summed E-state index contributed by atoms with van der Waals surface area (Å²) in [5.41, 5.74) is 2.76. The number of carbonyl (C=O) groups excluding carboxylic acids is 2. The third kappa shape index (κ3) is 3.62. The second-order valence-electron chi connectivity index (χ2n) is 7.22. The van der Waals surface area contributed by atoms with Gasteiger partial charge >= 0.3 is 0 Å². The molecule has 1 saturated heterocycles. The first-order valence-electron chi connectivity index (χ1n) is 9.14. The summed E-state index contributed by atoms with van der Waals surface area (Å²) in [7, 11) is 0. The lowest BCUT2D eigenvalue weighted by Crippen LogP contribution is -2.58. The molecule has 132 valence electrons. The lowest BCUT2D eigenvalue weighted by Gasteiger charge is -2.37. The van der Waals surface area contributed by atoms with Crippen LogP contribution in [0.1, 0.15) is 55.5 Å². The van der Waals surface area contributed by atoms with Gasteiger partial charge in [-0.2, -0.15) is 5.10 Å². The van der Waals surface area contributed by atoms with Crippen LogP contribution < -0.4 is 5.32 Å². The number of nitrogens with zero attached hydrogens (tertiary/aromatic N) is 2. The maximum Gasteiger partial charge on any atom is 0.242 e. The van der Waals surface area contributed by atoms with Crippen molar-refractivity contribution in [3.8, 4) is 0 Å². The first kappa shape index (κ1) is 17.0. The van der Waals surface area contributed by atoms with Crippen molar-refractivity contribution in [3.05, 3.63) is 17.0 Å². The van der Waals surface area contributed by atoms with Crippen LogP contribution in [-0.4, -0.2) is 46.0 Å². The monoisotopic (exact) mass is 332 g/mol. The van der Waals surface area contributed by atoms with Crippen molar-refractivity contribution in [1.82, 2.24) is 20.4 Å². The molecule has 2 amide bonds. The highest BCUT2D eigenvalue weighted by atomic mass is 16.2. The van der Waals surface area contributed by atoms with E-state index < -0.39 is 0 Å². The summed E-state index contributed by atoms with van der Waals surface area (Å²) < 4.78 is 0. The lowest BCUT2D eigenvalue weighted by molar-refractivity contribution is -0.143. The van der Waals surface area contributed by atoms with Crippen LogP contribution >= 0.6 is 0 Å². The highest BCUT2D eigenvalue weighted by Gasteiger charge is 2.35. The Bertz CT molecular complexity index is 585. The largest absolute Gasteiger partial charge is 0.353 e. The fourth-order valence-electron chi connectivity index (χ4n) is 4.07. The minimum atomic E-state index is -0.304. The second-order valence-corrected chi connectivity index (χ2v) is 7.22. The van der Waals surface area contributed by atoms with Gasteiger partial charge in [0.1, 0.15) is 6.04 Å². The van der Waals surface area contributed by atoms with Gasteiger partial charge in [-0.15, -0.1) is 0 Å². The molecular formula is C18H28N4O2. The van der Waals surface area contributed by atoms with E-state index in [-0.39, 0.29) is 17.9 Å². The number of aryl methyl sites for hydroxylation is 2. The number of aromatic nitrogens is 2. The van der Waals surface area contributed by atoms with Gasteiger partial charge in [0.25, 0.3) is 0 Å². The van der Waals surface area contributed by atoms with Crippen molar-refractivity contribution in [2.45, 2.75) is 64.8 Å². The van der Waals surface area contributed by atoms with Crippen LogP contribution in [0.5, 0.6) is 0 Å². The lowest BCUT2D eigenvalue weighted by atomic mass is 9.84. The number of hydrogen-bond acceptors (Lipinski definition) is 3. The predicted octanol–water partition coefficient (Wildman–Crippen LogP) is 1.87. The summed E-state index contributed by atoms with van der Waals surface area (Å²) in [5, 5.41) is 10.0. The normalized spacial score (nSPS) is 22.5. The van der Waals surface area contributed by atoms with Crippen molar-refractivity contribution in [3.63, 3.8) is 0 Å². The molecule has 2 fully saturated rings. The molecule has 1 aromatic heterocycles. The Morgan fingerprint density at radius 1 is 1.25 bits per heavy atom. The van der Waals surface area contributed by atoms with Gasteiger partial charge in [-0.05, 0) is 26.2 Å². The van der Waals surface area contributed by atoms with Gasteiger partial charge in [-0.25, -0.2) is 0 Å². The molecule has 1 atom stereocenters. The summed E-state index contributed by atoms with van der Waals surface area (Å²) >= 11 is 0. The number of piperazine rings is 1. The van der Waals surface area contributed by atoms with Crippen molar-refractivity contribution >= 4 is 11.8 Å². The fraction of sp³-hybridized carbons (Fsp3) is 0.722. The van der Waals surface area contributed by atoms with E-state index in [1.807, 2.05) is 13.8 Å². The molecule has 0 aromatic carbocycles. The Kier molecular flexibility index (Phi) is 5.21. The number of amides is 2. The molecule has 1 aliphatic carbocycles. The third-order valence-electron chi connectivity index (χ3n) is 5.54. The Morgan fingerprint density at radius 2 is 2.00 bits per heavy atom. The maximum atomic E-state index is 12.9. The Morgan fingerprint density at radius 3 is 2.67 bits per heavy atom. The third-order valence-corrected chi connectivity index (χ3v) is 5.54. The minimum Gasteiger partial charge on any atom is -0.353 e. The van der Waals surface area contributed by atoms with Crippen LogP contribution in [0.2, 0.25) is 0 Å². The fourth-order valence-corrected chi connectivity index (χ4v) is 4.07. The van der Waals surface area contributed by atoms with Gasteiger partial charge < -0.3 is 10.2 Å². The van der Waals surface area contributed by atoms with Crippen LogP contribution in [0.25, 0.3) is 0 Å². The summed E-state index contributed by atoms with van der Waals surface area (Å²) in [6, 6.07) is -0.304. The molecule has 6 nitrogen and oxygen atoms in total. The topological polar surface area (TPSA) is 78.1 Å². The molecule has 2 heterocycles. The first-order chi connectivity index (χ1) is 11.6. The molecule has 1 saturated carbocycles. The molecule has 24 heavy (non-hydrogen) atoms. The molecule has 2 aliphatic rings. The zero-order chi connectivity index (χ0) is 17.1. The number of nitrogens with one attached hydrogen (secondary N) is 2. The van der Waals surface area contributed by atoms with Gasteiger partial charge in [0.2, 0.25) is 11.8 Å². The van der Waals surface area contributed by atoms with Gasteiger partial charge in [-0.1, -0.05) is 32.1 Å². The Labute approximate surface area is 143 Å². The summed E-state index contributed by atoms with van der Waals surface area (Å²) in [5.74, 6) is 0.624. The summed E-state index contributed by atoms with van der Waals surface area (Å²) in [6.07, 6.45) is 7.30. The van der Waals surface area contributed by atoms with Gasteiger partial charge in [0.05, 0.1) is 12.1 Å². The number of rotatable bonds is 4. The molecule has 1 unspecified atom stereocenters. The minimum absolute atomic E-state index is 0.0146. The smallest absolute Gasteiger partial charge is 0.242 e. The van der Waals surface area contributed by atoms with E-state index in [0.717, 1.165) is 23.4 Å². The van der Waals surface area contributed by atoms with E-state index in [2.05, 4.69) is 15.5 Å². The van der Waals surface area contributed by atoms with Gasteiger partial charge in [0.15, 0.2) is 0 Å². The molecule has 0 radical (unpaired) electrons. The molecule has 1 aliphatic heterocycles. The van der Waals surface area contributed by atoms with Crippen LogP contribution in [0.15, 0.2) is 0 Å². The summed E-state index contributed by atoms with van der Waals surface area (Å²) in [6.45, 7) is 5.01. The van der Waals surface area contributed by atoms with Crippen molar-refractivity contribution in [2.75, 3.05) is 13.1 Å². The quantitative estimate of drug-likeness (QED) is 0.883. The first-order valence-corrected chi connectivity index (χ1v) is 9.14.